The summed E-state index contributed by atoms with van der Waals surface area (Å²) in [5, 5.41) is 4.31. The number of benzene rings is 1. The highest BCUT2D eigenvalue weighted by molar-refractivity contribution is 6.30. The molecule has 0 fully saturated rings. The maximum Gasteiger partial charge on any atom is 0.0406 e. The van der Waals surface area contributed by atoms with Crippen molar-refractivity contribution in [1.82, 2.24) is 10.3 Å². The second kappa shape index (κ2) is 7.27. The van der Waals surface area contributed by atoms with E-state index in [-0.39, 0.29) is 6.04 Å². The number of nitrogens with two attached hydrogens (primary N) is 1. The minimum Gasteiger partial charge on any atom is -0.398 e. The van der Waals surface area contributed by atoms with Crippen LogP contribution in [0.4, 0.5) is 5.69 Å². The smallest absolute Gasteiger partial charge is 0.0406 e. The summed E-state index contributed by atoms with van der Waals surface area (Å²) in [6, 6.07) is 10.0. The Kier molecular flexibility index (Phi) is 5.39. The van der Waals surface area contributed by atoms with Crippen LogP contribution in [0.15, 0.2) is 42.7 Å². The Balaban J connectivity index is 2.19. The summed E-state index contributed by atoms with van der Waals surface area (Å²) < 4.78 is 0. The van der Waals surface area contributed by atoms with Gasteiger partial charge in [-0.1, -0.05) is 30.7 Å². The monoisotopic (exact) mass is 289 g/mol. The van der Waals surface area contributed by atoms with E-state index in [1.807, 2.05) is 24.4 Å². The summed E-state index contributed by atoms with van der Waals surface area (Å²) in [5.74, 6) is 0. The second-order valence-electron chi connectivity index (χ2n) is 4.84. The molecule has 1 aromatic heterocycles. The highest BCUT2D eigenvalue weighted by Crippen LogP contribution is 2.22. The quantitative estimate of drug-likeness (QED) is 0.854. The van der Waals surface area contributed by atoms with Gasteiger partial charge in [0.2, 0.25) is 0 Å². The Labute approximate surface area is 125 Å². The van der Waals surface area contributed by atoms with E-state index in [0.29, 0.717) is 0 Å². The highest BCUT2D eigenvalue weighted by atomic mass is 35.5. The van der Waals surface area contributed by atoms with Crippen LogP contribution in [0, 0.1) is 0 Å². The molecule has 3 nitrogen and oxygen atoms in total. The van der Waals surface area contributed by atoms with E-state index in [2.05, 4.69) is 29.4 Å². The van der Waals surface area contributed by atoms with Crippen molar-refractivity contribution in [1.29, 1.82) is 0 Å². The molecule has 2 aromatic rings. The first-order valence-electron chi connectivity index (χ1n) is 6.88. The molecule has 0 aliphatic rings. The largest absolute Gasteiger partial charge is 0.398 e. The van der Waals surface area contributed by atoms with Crippen molar-refractivity contribution >= 4 is 17.3 Å². The van der Waals surface area contributed by atoms with Gasteiger partial charge in [-0.3, -0.25) is 4.98 Å². The molecule has 1 aromatic carbocycles. The molecule has 2 rings (SSSR count). The van der Waals surface area contributed by atoms with Crippen LogP contribution in [0.1, 0.15) is 30.5 Å². The molecular weight excluding hydrogens is 270 g/mol. The standard InChI is InChI=1S/C16H20ClN3/c1-2-8-20-16(12-3-5-14(17)6-4-12)10-13-11-19-9-7-15(13)18/h3-7,9,11,16,20H,2,8,10H2,1H3,(H2,18,19). The summed E-state index contributed by atoms with van der Waals surface area (Å²) in [6.07, 6.45) is 5.47. The summed E-state index contributed by atoms with van der Waals surface area (Å²) in [6.45, 7) is 3.12. The van der Waals surface area contributed by atoms with Crippen molar-refractivity contribution in [2.24, 2.45) is 0 Å². The summed E-state index contributed by atoms with van der Waals surface area (Å²) in [5.41, 5.74) is 9.08. The molecule has 0 saturated carbocycles. The predicted molar refractivity (Wildman–Crippen MR) is 84.8 cm³/mol. The fourth-order valence-electron chi connectivity index (χ4n) is 2.15. The number of nitrogen functional groups attached to an aromatic ring is 1. The molecule has 0 aliphatic carbocycles. The Morgan fingerprint density at radius 3 is 2.65 bits per heavy atom. The molecule has 1 atom stereocenters. The Hall–Kier alpha value is -1.58. The number of aromatic nitrogens is 1. The molecular formula is C16H20ClN3. The molecule has 0 radical (unpaired) electrons. The SMILES string of the molecule is CCCNC(Cc1cnccc1N)c1ccc(Cl)cc1. The molecule has 0 spiro atoms. The van der Waals surface area contributed by atoms with Crippen LogP contribution in [0.2, 0.25) is 5.02 Å². The fraction of sp³-hybridized carbons (Fsp3) is 0.312. The van der Waals surface area contributed by atoms with E-state index < -0.39 is 0 Å². The average molecular weight is 290 g/mol. The van der Waals surface area contributed by atoms with Gasteiger partial charge < -0.3 is 11.1 Å². The van der Waals surface area contributed by atoms with Crippen molar-refractivity contribution in [3.63, 3.8) is 0 Å². The molecule has 1 heterocycles. The highest BCUT2D eigenvalue weighted by Gasteiger charge is 2.13. The number of pyridine rings is 1. The molecule has 3 N–H and O–H groups in total. The first-order valence-corrected chi connectivity index (χ1v) is 7.25. The van der Waals surface area contributed by atoms with Gasteiger partial charge in [-0.15, -0.1) is 0 Å². The summed E-state index contributed by atoms with van der Waals surface area (Å²) in [4.78, 5) is 4.16. The van der Waals surface area contributed by atoms with Crippen LogP contribution in [0.25, 0.3) is 0 Å². The van der Waals surface area contributed by atoms with Crippen LogP contribution >= 0.6 is 11.6 Å². The van der Waals surface area contributed by atoms with Crippen molar-refractivity contribution in [3.8, 4) is 0 Å². The Bertz CT molecular complexity index is 540. The maximum atomic E-state index is 6.01. The number of halogens is 1. The molecule has 0 amide bonds. The third kappa shape index (κ3) is 3.95. The van der Waals surface area contributed by atoms with E-state index in [0.717, 1.165) is 35.7 Å². The number of hydrogen-bond donors (Lipinski definition) is 2. The molecule has 1 unspecified atom stereocenters. The third-order valence-corrected chi connectivity index (χ3v) is 3.53. The number of nitrogens with zero attached hydrogens (tertiary/aromatic N) is 1. The minimum atomic E-state index is 0.221. The lowest BCUT2D eigenvalue weighted by Crippen LogP contribution is -2.24. The summed E-state index contributed by atoms with van der Waals surface area (Å²) >= 11 is 5.96. The molecule has 0 saturated heterocycles. The number of rotatable bonds is 6. The number of hydrogen-bond acceptors (Lipinski definition) is 3. The van der Waals surface area contributed by atoms with Crippen molar-refractivity contribution in [3.05, 3.63) is 58.9 Å². The van der Waals surface area contributed by atoms with E-state index in [1.54, 1.807) is 6.20 Å². The van der Waals surface area contributed by atoms with E-state index >= 15 is 0 Å². The van der Waals surface area contributed by atoms with Gasteiger partial charge in [0.1, 0.15) is 0 Å². The summed E-state index contributed by atoms with van der Waals surface area (Å²) in [7, 11) is 0. The van der Waals surface area contributed by atoms with E-state index in [9.17, 15) is 0 Å². The van der Waals surface area contributed by atoms with Crippen molar-refractivity contribution < 1.29 is 0 Å². The van der Waals surface area contributed by atoms with Gasteiger partial charge in [-0.25, -0.2) is 0 Å². The number of anilines is 1. The minimum absolute atomic E-state index is 0.221. The van der Waals surface area contributed by atoms with Gasteiger partial charge in [0, 0.05) is 29.1 Å². The zero-order valence-corrected chi connectivity index (χ0v) is 12.4. The van der Waals surface area contributed by atoms with Crippen molar-refractivity contribution in [2.45, 2.75) is 25.8 Å². The first-order chi connectivity index (χ1) is 9.70. The first kappa shape index (κ1) is 14.8. The lowest BCUT2D eigenvalue weighted by atomic mass is 9.99. The van der Waals surface area contributed by atoms with Gasteiger partial charge in [-0.05, 0) is 48.7 Å². The lowest BCUT2D eigenvalue weighted by molar-refractivity contribution is 0.529. The Morgan fingerprint density at radius 2 is 2.00 bits per heavy atom. The van der Waals surface area contributed by atoms with Gasteiger partial charge in [0.15, 0.2) is 0 Å². The number of nitrogens with one attached hydrogen (secondary N) is 1. The predicted octanol–water partition coefficient (Wildman–Crippen LogP) is 3.60. The van der Waals surface area contributed by atoms with Gasteiger partial charge in [0.05, 0.1) is 0 Å². The molecule has 20 heavy (non-hydrogen) atoms. The van der Waals surface area contributed by atoms with Gasteiger partial charge in [0.25, 0.3) is 0 Å². The van der Waals surface area contributed by atoms with E-state index in [4.69, 9.17) is 17.3 Å². The van der Waals surface area contributed by atoms with E-state index in [1.165, 1.54) is 5.56 Å². The second-order valence-corrected chi connectivity index (χ2v) is 5.27. The van der Waals surface area contributed by atoms with Crippen LogP contribution in [0.5, 0.6) is 0 Å². The van der Waals surface area contributed by atoms with Gasteiger partial charge >= 0.3 is 0 Å². The molecule has 4 heteroatoms. The Morgan fingerprint density at radius 1 is 1.25 bits per heavy atom. The lowest BCUT2D eigenvalue weighted by Gasteiger charge is -2.20. The van der Waals surface area contributed by atoms with Crippen LogP contribution in [-0.4, -0.2) is 11.5 Å². The zero-order chi connectivity index (χ0) is 14.4. The molecule has 106 valence electrons. The molecule has 0 bridgehead atoms. The van der Waals surface area contributed by atoms with Crippen LogP contribution < -0.4 is 11.1 Å². The normalized spacial score (nSPS) is 12.3. The zero-order valence-electron chi connectivity index (χ0n) is 11.6. The topological polar surface area (TPSA) is 50.9 Å². The van der Waals surface area contributed by atoms with Gasteiger partial charge in [-0.2, -0.15) is 0 Å². The fourth-order valence-corrected chi connectivity index (χ4v) is 2.28. The molecule has 0 aliphatic heterocycles. The third-order valence-electron chi connectivity index (χ3n) is 3.28. The van der Waals surface area contributed by atoms with Crippen molar-refractivity contribution in [2.75, 3.05) is 12.3 Å². The maximum absolute atomic E-state index is 6.01. The van der Waals surface area contributed by atoms with Crippen LogP contribution in [0.3, 0.4) is 0 Å². The average Bonchev–Trinajstić information content (AvgIpc) is 2.46. The van der Waals surface area contributed by atoms with Crippen LogP contribution in [-0.2, 0) is 6.42 Å².